The zero-order valence-electron chi connectivity index (χ0n) is 26.9. The average molecular weight is 546 g/mol. The Morgan fingerprint density at radius 2 is 1.82 bits per heavy atom. The van der Waals surface area contributed by atoms with Gasteiger partial charge in [0, 0.05) is 36.4 Å². The lowest BCUT2D eigenvalue weighted by Crippen LogP contribution is -2.43. The topological polar surface area (TPSA) is 57.1 Å². The molecule has 1 aromatic carbocycles. The molecule has 0 fully saturated rings. The number of dihydropyridines is 1. The van der Waals surface area contributed by atoms with Gasteiger partial charge in [0.05, 0.1) is 11.6 Å². The van der Waals surface area contributed by atoms with Gasteiger partial charge in [-0.3, -0.25) is 0 Å². The normalized spacial score (nSPS) is 22.9. The zero-order chi connectivity index (χ0) is 29.5. The van der Waals surface area contributed by atoms with Crippen molar-refractivity contribution in [2.75, 3.05) is 18.5 Å². The number of nitrogens with zero attached hydrogens (tertiary/aromatic N) is 1. The van der Waals surface area contributed by atoms with Gasteiger partial charge in [0.2, 0.25) is 0 Å². The van der Waals surface area contributed by atoms with E-state index in [-0.39, 0.29) is 23.0 Å². The van der Waals surface area contributed by atoms with Crippen LogP contribution in [-0.2, 0) is 4.74 Å². The first kappa shape index (κ1) is 32.0. The standard InChI is InChI=1S/C36H55N3O/c1-10-14-15-16-17-27-29(12-3)36(9,20-11-2)33-25(5)23-38-34(40-13-4)32(33)31(27)28-19-18-26(22-37)21-30(28)39-24-35(6,7)8/h18-19,21,23,31,34,38-39H,10-17,20,24H2,1-9H3. The molecule has 3 unspecified atom stereocenters. The predicted octanol–water partition coefficient (Wildman–Crippen LogP) is 9.76. The van der Waals surface area contributed by atoms with Crippen LogP contribution in [0.3, 0.4) is 0 Å². The number of anilines is 1. The summed E-state index contributed by atoms with van der Waals surface area (Å²) < 4.78 is 6.47. The minimum absolute atomic E-state index is 0.0148. The van der Waals surface area contributed by atoms with Crippen molar-refractivity contribution in [3.63, 3.8) is 0 Å². The predicted molar refractivity (Wildman–Crippen MR) is 170 cm³/mol. The van der Waals surface area contributed by atoms with Crippen molar-refractivity contribution >= 4 is 5.69 Å². The van der Waals surface area contributed by atoms with Gasteiger partial charge in [-0.05, 0) is 79.4 Å². The summed E-state index contributed by atoms with van der Waals surface area (Å²) in [4.78, 5) is 0. The average Bonchev–Trinajstić information content (AvgIpc) is 2.91. The quantitative estimate of drug-likeness (QED) is 0.191. The molecule has 0 radical (unpaired) electrons. The van der Waals surface area contributed by atoms with Crippen LogP contribution in [0.2, 0.25) is 0 Å². The van der Waals surface area contributed by atoms with E-state index in [0.29, 0.717) is 12.2 Å². The highest BCUT2D eigenvalue weighted by molar-refractivity contribution is 5.66. The minimum Gasteiger partial charge on any atom is -0.384 e. The van der Waals surface area contributed by atoms with Crippen LogP contribution in [0.15, 0.2) is 52.3 Å². The fourth-order valence-corrected chi connectivity index (χ4v) is 7.12. The van der Waals surface area contributed by atoms with Gasteiger partial charge in [0.1, 0.15) is 0 Å². The summed E-state index contributed by atoms with van der Waals surface area (Å²) in [7, 11) is 0. The molecule has 3 atom stereocenters. The maximum absolute atomic E-state index is 9.82. The van der Waals surface area contributed by atoms with Gasteiger partial charge < -0.3 is 15.4 Å². The first-order valence-corrected chi connectivity index (χ1v) is 15.9. The molecule has 1 aliphatic heterocycles. The molecule has 3 rings (SSSR count). The maximum Gasteiger partial charge on any atom is 0.151 e. The van der Waals surface area contributed by atoms with Crippen molar-refractivity contribution in [1.29, 1.82) is 5.26 Å². The number of hydrogen-bond acceptors (Lipinski definition) is 4. The molecule has 0 spiro atoms. The van der Waals surface area contributed by atoms with E-state index in [4.69, 9.17) is 4.74 Å². The maximum atomic E-state index is 9.82. The lowest BCUT2D eigenvalue weighted by molar-refractivity contribution is 0.0659. The van der Waals surface area contributed by atoms with Crippen molar-refractivity contribution in [3.05, 3.63) is 63.4 Å². The van der Waals surface area contributed by atoms with Gasteiger partial charge in [0.25, 0.3) is 0 Å². The second kappa shape index (κ2) is 13.9. The number of rotatable bonds is 13. The summed E-state index contributed by atoms with van der Waals surface area (Å²) in [5, 5.41) is 17.2. The molecule has 0 amide bonds. The molecule has 4 heteroatoms. The van der Waals surface area contributed by atoms with Crippen LogP contribution in [-0.4, -0.2) is 19.4 Å². The smallest absolute Gasteiger partial charge is 0.151 e. The van der Waals surface area contributed by atoms with E-state index in [2.05, 4.69) is 97.3 Å². The fourth-order valence-electron chi connectivity index (χ4n) is 7.12. The lowest BCUT2D eigenvalue weighted by atomic mass is 9.57. The Bertz CT molecular complexity index is 1160. The van der Waals surface area contributed by atoms with E-state index in [9.17, 15) is 5.26 Å². The Morgan fingerprint density at radius 3 is 2.42 bits per heavy atom. The molecule has 1 heterocycles. The Hall–Kier alpha value is -2.51. The minimum atomic E-state index is -0.167. The Morgan fingerprint density at radius 1 is 1.07 bits per heavy atom. The Balaban J connectivity index is 2.36. The van der Waals surface area contributed by atoms with Crippen LogP contribution in [0.25, 0.3) is 0 Å². The number of benzene rings is 1. The molecule has 2 aliphatic rings. The number of ether oxygens (including phenoxy) is 1. The van der Waals surface area contributed by atoms with Gasteiger partial charge in [0.15, 0.2) is 6.23 Å². The Kier molecular flexibility index (Phi) is 11.1. The highest BCUT2D eigenvalue weighted by atomic mass is 16.5. The van der Waals surface area contributed by atoms with Crippen molar-refractivity contribution in [2.45, 2.75) is 126 Å². The second-order valence-corrected chi connectivity index (χ2v) is 13.2. The number of nitrogens with one attached hydrogen (secondary N) is 2. The number of hydrogen-bond donors (Lipinski definition) is 2. The van der Waals surface area contributed by atoms with E-state index in [1.165, 1.54) is 48.0 Å². The van der Waals surface area contributed by atoms with Gasteiger partial charge in [-0.15, -0.1) is 0 Å². The second-order valence-electron chi connectivity index (χ2n) is 13.2. The summed E-state index contributed by atoms with van der Waals surface area (Å²) in [5.41, 5.74) is 10.5. The Labute approximate surface area is 245 Å². The van der Waals surface area contributed by atoms with Crippen molar-refractivity contribution in [1.82, 2.24) is 5.32 Å². The third kappa shape index (κ3) is 6.85. The molecule has 0 saturated heterocycles. The van der Waals surface area contributed by atoms with Crippen molar-refractivity contribution in [2.24, 2.45) is 10.8 Å². The van der Waals surface area contributed by atoms with Crippen molar-refractivity contribution in [3.8, 4) is 6.07 Å². The molecule has 1 aromatic rings. The third-order valence-electron chi connectivity index (χ3n) is 8.72. The number of unbranched alkanes of at least 4 members (excludes halogenated alkanes) is 3. The van der Waals surface area contributed by atoms with Crippen LogP contribution < -0.4 is 10.6 Å². The van der Waals surface area contributed by atoms with Crippen LogP contribution in [0.5, 0.6) is 0 Å². The van der Waals surface area contributed by atoms with Crippen molar-refractivity contribution < 1.29 is 4.74 Å². The summed E-state index contributed by atoms with van der Waals surface area (Å²) in [6, 6.07) is 8.68. The fraction of sp³-hybridized carbons (Fsp3) is 0.639. The molecule has 2 N–H and O–H groups in total. The molecular weight excluding hydrogens is 490 g/mol. The monoisotopic (exact) mass is 545 g/mol. The van der Waals surface area contributed by atoms with Crippen LogP contribution in [0.4, 0.5) is 5.69 Å². The van der Waals surface area contributed by atoms with E-state index >= 15 is 0 Å². The molecule has 0 saturated carbocycles. The first-order valence-electron chi connectivity index (χ1n) is 15.9. The molecule has 4 nitrogen and oxygen atoms in total. The number of allylic oxidation sites excluding steroid dienone is 4. The summed E-state index contributed by atoms with van der Waals surface area (Å²) in [5.74, 6) is 0.111. The van der Waals surface area contributed by atoms with E-state index in [0.717, 1.165) is 37.9 Å². The SMILES string of the molecule is CCCCCCC1=C(CC)C(C)(CCC)C2=C(C(OCC)NC=C2C)C1c1ccc(C#N)cc1NCC(C)(C)C. The zero-order valence-corrected chi connectivity index (χ0v) is 26.9. The van der Waals surface area contributed by atoms with Gasteiger partial charge in [-0.25, -0.2) is 0 Å². The largest absolute Gasteiger partial charge is 0.384 e. The van der Waals surface area contributed by atoms with Gasteiger partial charge in [-0.1, -0.05) is 91.4 Å². The van der Waals surface area contributed by atoms with Crippen LogP contribution >= 0.6 is 0 Å². The molecule has 0 aromatic heterocycles. The van der Waals surface area contributed by atoms with E-state index in [1.807, 2.05) is 6.07 Å². The summed E-state index contributed by atoms with van der Waals surface area (Å²) in [6.07, 6.45) is 11.4. The molecule has 0 bridgehead atoms. The number of nitriles is 1. The summed E-state index contributed by atoms with van der Waals surface area (Å²) >= 11 is 0. The van der Waals surface area contributed by atoms with Gasteiger partial charge >= 0.3 is 0 Å². The first-order chi connectivity index (χ1) is 19.1. The molecule has 1 aliphatic carbocycles. The highest BCUT2D eigenvalue weighted by Gasteiger charge is 2.47. The molecule has 40 heavy (non-hydrogen) atoms. The third-order valence-corrected chi connectivity index (χ3v) is 8.72. The lowest BCUT2D eigenvalue weighted by Gasteiger charge is -2.49. The van der Waals surface area contributed by atoms with E-state index in [1.54, 1.807) is 11.1 Å². The highest BCUT2D eigenvalue weighted by Crippen LogP contribution is 2.58. The molecule has 220 valence electrons. The van der Waals surface area contributed by atoms with Gasteiger partial charge in [-0.2, -0.15) is 5.26 Å². The van der Waals surface area contributed by atoms with Crippen LogP contribution in [0.1, 0.15) is 131 Å². The summed E-state index contributed by atoms with van der Waals surface area (Å²) in [6.45, 7) is 22.1. The van der Waals surface area contributed by atoms with Crippen LogP contribution in [0, 0.1) is 22.2 Å². The molecular formula is C36H55N3O. The van der Waals surface area contributed by atoms with E-state index < -0.39 is 0 Å².